The maximum Gasteiger partial charge on any atom is 0.0923 e. The maximum absolute atomic E-state index is 4.51. The molecule has 0 spiro atoms. The highest BCUT2D eigenvalue weighted by molar-refractivity contribution is 5.36. The quantitative estimate of drug-likeness (QED) is 0.804. The summed E-state index contributed by atoms with van der Waals surface area (Å²) in [5, 5.41) is 12.6. The van der Waals surface area contributed by atoms with Crippen LogP contribution in [-0.4, -0.2) is 21.5 Å². The van der Waals surface area contributed by atoms with E-state index in [0.29, 0.717) is 6.04 Å². The van der Waals surface area contributed by atoms with Crippen LogP contribution in [0.15, 0.2) is 60.7 Å². The lowest BCUT2D eigenvalue weighted by molar-refractivity contribution is 0.594. The topological polar surface area (TPSA) is 42.7 Å². The molecule has 1 atom stereocenters. The van der Waals surface area contributed by atoms with Gasteiger partial charge < -0.3 is 5.32 Å². The zero-order valence-corrected chi connectivity index (χ0v) is 13.0. The zero-order chi connectivity index (χ0) is 15.5. The van der Waals surface area contributed by atoms with Gasteiger partial charge in [-0.25, -0.2) is 4.68 Å². The second-order valence-corrected chi connectivity index (χ2v) is 5.98. The van der Waals surface area contributed by atoms with Crippen molar-refractivity contribution in [2.45, 2.75) is 25.3 Å². The van der Waals surface area contributed by atoms with Crippen molar-refractivity contribution in [3.8, 4) is 5.69 Å². The number of nitrogens with one attached hydrogen (secondary N) is 1. The van der Waals surface area contributed by atoms with E-state index in [1.807, 2.05) is 28.9 Å². The lowest BCUT2D eigenvalue weighted by Crippen LogP contribution is -2.18. The molecule has 1 aromatic heterocycles. The minimum Gasteiger partial charge on any atom is -0.309 e. The number of benzene rings is 2. The molecule has 116 valence electrons. The van der Waals surface area contributed by atoms with E-state index in [9.17, 15) is 0 Å². The van der Waals surface area contributed by atoms with Gasteiger partial charge in [-0.3, -0.25) is 0 Å². The number of hydrogen-bond acceptors (Lipinski definition) is 3. The first kappa shape index (κ1) is 14.2. The fraction of sp³-hybridized carbons (Fsp3) is 0.263. The Kier molecular flexibility index (Phi) is 3.90. The van der Waals surface area contributed by atoms with Crippen LogP contribution in [-0.2, 0) is 6.42 Å². The van der Waals surface area contributed by atoms with Crippen molar-refractivity contribution in [1.29, 1.82) is 0 Å². The smallest absolute Gasteiger partial charge is 0.0923 e. The molecule has 2 aromatic carbocycles. The van der Waals surface area contributed by atoms with Gasteiger partial charge in [-0.1, -0.05) is 53.7 Å². The van der Waals surface area contributed by atoms with Crippen molar-refractivity contribution in [2.75, 3.05) is 6.54 Å². The minimum absolute atomic E-state index is 0.337. The summed E-state index contributed by atoms with van der Waals surface area (Å²) < 4.78 is 2.00. The predicted octanol–water partition coefficient (Wildman–Crippen LogP) is 3.28. The van der Waals surface area contributed by atoms with E-state index in [-0.39, 0.29) is 0 Å². The SMILES string of the molecule is c1ccc(Cc2nnn(-c3ccccc3)c2C2CCCN2)cc1. The van der Waals surface area contributed by atoms with Crippen molar-refractivity contribution in [2.24, 2.45) is 0 Å². The third kappa shape index (κ3) is 2.90. The Balaban J connectivity index is 1.75. The molecule has 0 amide bonds. The molecule has 2 heterocycles. The summed E-state index contributed by atoms with van der Waals surface area (Å²) in [5.41, 5.74) is 4.62. The summed E-state index contributed by atoms with van der Waals surface area (Å²) >= 11 is 0. The van der Waals surface area contributed by atoms with Gasteiger partial charge in [0.1, 0.15) is 0 Å². The normalized spacial score (nSPS) is 17.5. The standard InChI is InChI=1S/C19H20N4/c1-3-8-15(9-4-1)14-18-19(17-12-7-13-20-17)23(22-21-18)16-10-5-2-6-11-16/h1-6,8-11,17,20H,7,12-14H2. The van der Waals surface area contributed by atoms with Crippen LogP contribution in [0, 0.1) is 0 Å². The Bertz CT molecular complexity index is 759. The van der Waals surface area contributed by atoms with Crippen LogP contribution in [0.2, 0.25) is 0 Å². The minimum atomic E-state index is 0.337. The molecular weight excluding hydrogens is 284 g/mol. The lowest BCUT2D eigenvalue weighted by atomic mass is 10.0. The second kappa shape index (κ2) is 6.34. The monoisotopic (exact) mass is 304 g/mol. The molecule has 1 N–H and O–H groups in total. The molecule has 4 nitrogen and oxygen atoms in total. The first-order valence-electron chi connectivity index (χ1n) is 8.19. The Morgan fingerprint density at radius 1 is 1.00 bits per heavy atom. The van der Waals surface area contributed by atoms with Crippen molar-refractivity contribution < 1.29 is 0 Å². The Morgan fingerprint density at radius 3 is 2.43 bits per heavy atom. The molecule has 4 heteroatoms. The highest BCUT2D eigenvalue weighted by atomic mass is 15.4. The van der Waals surface area contributed by atoms with Gasteiger partial charge in [0.15, 0.2) is 0 Å². The van der Waals surface area contributed by atoms with Crippen LogP contribution < -0.4 is 5.32 Å². The van der Waals surface area contributed by atoms with Gasteiger partial charge in [0.2, 0.25) is 0 Å². The average Bonchev–Trinajstić information content (AvgIpc) is 3.26. The Labute approximate surface area is 136 Å². The molecule has 3 aromatic rings. The van der Waals surface area contributed by atoms with Crippen molar-refractivity contribution >= 4 is 0 Å². The van der Waals surface area contributed by atoms with E-state index in [0.717, 1.165) is 30.8 Å². The fourth-order valence-electron chi connectivity index (χ4n) is 3.26. The molecule has 1 aliphatic heterocycles. The summed E-state index contributed by atoms with van der Waals surface area (Å²) in [5.74, 6) is 0. The molecule has 1 saturated heterocycles. The van der Waals surface area contributed by atoms with Gasteiger partial charge in [0.25, 0.3) is 0 Å². The largest absolute Gasteiger partial charge is 0.309 e. The number of rotatable bonds is 4. The van der Waals surface area contributed by atoms with E-state index >= 15 is 0 Å². The summed E-state index contributed by atoms with van der Waals surface area (Å²) in [7, 11) is 0. The average molecular weight is 304 g/mol. The van der Waals surface area contributed by atoms with E-state index in [1.165, 1.54) is 17.7 Å². The van der Waals surface area contributed by atoms with Crippen molar-refractivity contribution in [1.82, 2.24) is 20.3 Å². The number of nitrogens with zero attached hydrogens (tertiary/aromatic N) is 3. The lowest BCUT2D eigenvalue weighted by Gasteiger charge is -2.14. The van der Waals surface area contributed by atoms with Gasteiger partial charge in [-0.15, -0.1) is 5.10 Å². The number of aromatic nitrogens is 3. The second-order valence-electron chi connectivity index (χ2n) is 5.98. The number of para-hydroxylation sites is 1. The summed E-state index contributed by atoms with van der Waals surface area (Å²) in [6.07, 6.45) is 3.17. The molecular formula is C19H20N4. The predicted molar refractivity (Wildman–Crippen MR) is 90.6 cm³/mol. The summed E-state index contributed by atoms with van der Waals surface area (Å²) in [6, 6.07) is 21.1. The molecule has 1 fully saturated rings. The molecule has 1 unspecified atom stereocenters. The van der Waals surface area contributed by atoms with E-state index < -0.39 is 0 Å². The van der Waals surface area contributed by atoms with Crippen LogP contribution in [0.4, 0.5) is 0 Å². The highest BCUT2D eigenvalue weighted by Gasteiger charge is 2.25. The van der Waals surface area contributed by atoms with Gasteiger partial charge in [-0.05, 0) is 37.1 Å². The van der Waals surface area contributed by atoms with Crippen LogP contribution in [0.1, 0.15) is 35.8 Å². The molecule has 0 aliphatic carbocycles. The van der Waals surface area contributed by atoms with Crippen molar-refractivity contribution in [3.05, 3.63) is 77.6 Å². The van der Waals surface area contributed by atoms with Gasteiger partial charge in [0, 0.05) is 6.42 Å². The molecule has 0 bridgehead atoms. The summed E-state index contributed by atoms with van der Waals surface area (Å²) in [4.78, 5) is 0. The zero-order valence-electron chi connectivity index (χ0n) is 13.0. The van der Waals surface area contributed by atoms with Crippen LogP contribution in [0.3, 0.4) is 0 Å². The summed E-state index contributed by atoms with van der Waals surface area (Å²) in [6.45, 7) is 1.06. The van der Waals surface area contributed by atoms with Crippen molar-refractivity contribution in [3.63, 3.8) is 0 Å². The Morgan fingerprint density at radius 2 is 1.74 bits per heavy atom. The number of hydrogen-bond donors (Lipinski definition) is 1. The molecule has 0 radical (unpaired) electrons. The molecule has 0 saturated carbocycles. The first-order valence-corrected chi connectivity index (χ1v) is 8.19. The van der Waals surface area contributed by atoms with E-state index in [1.54, 1.807) is 0 Å². The highest BCUT2D eigenvalue weighted by Crippen LogP contribution is 2.28. The maximum atomic E-state index is 4.51. The first-order chi connectivity index (χ1) is 11.4. The Hall–Kier alpha value is -2.46. The molecule has 1 aliphatic rings. The van der Waals surface area contributed by atoms with Crippen LogP contribution >= 0.6 is 0 Å². The van der Waals surface area contributed by atoms with E-state index in [2.05, 4.69) is 52.0 Å². The van der Waals surface area contributed by atoms with Gasteiger partial charge in [0.05, 0.1) is 23.1 Å². The van der Waals surface area contributed by atoms with Gasteiger partial charge >= 0.3 is 0 Å². The molecule has 4 rings (SSSR count). The van der Waals surface area contributed by atoms with Crippen LogP contribution in [0.25, 0.3) is 5.69 Å². The van der Waals surface area contributed by atoms with Gasteiger partial charge in [-0.2, -0.15) is 0 Å². The third-order valence-corrected chi connectivity index (χ3v) is 4.38. The van der Waals surface area contributed by atoms with E-state index in [4.69, 9.17) is 0 Å². The van der Waals surface area contributed by atoms with Crippen LogP contribution in [0.5, 0.6) is 0 Å². The molecule has 23 heavy (non-hydrogen) atoms. The third-order valence-electron chi connectivity index (χ3n) is 4.38. The fourth-order valence-corrected chi connectivity index (χ4v) is 3.26.